The van der Waals surface area contributed by atoms with E-state index in [9.17, 15) is 9.59 Å². The summed E-state index contributed by atoms with van der Waals surface area (Å²) in [4.78, 5) is 35.0. The van der Waals surface area contributed by atoms with E-state index in [1.807, 2.05) is 25.1 Å². The van der Waals surface area contributed by atoms with E-state index in [0.717, 1.165) is 15.8 Å². The van der Waals surface area contributed by atoms with Crippen molar-refractivity contribution < 1.29 is 4.79 Å². The van der Waals surface area contributed by atoms with Crippen molar-refractivity contribution in [2.75, 3.05) is 5.32 Å². The molecule has 3 aromatic heterocycles. The molecule has 1 atom stereocenters. The van der Waals surface area contributed by atoms with Crippen LogP contribution in [0.3, 0.4) is 0 Å². The number of anilines is 1. The minimum absolute atomic E-state index is 0.256. The zero-order valence-corrected chi connectivity index (χ0v) is 16.1. The molecule has 1 unspecified atom stereocenters. The normalized spacial score (nSPS) is 12.4. The molecule has 4 rings (SSSR count). The minimum atomic E-state index is -0.731. The average Bonchev–Trinajstić information content (AvgIpc) is 3.04. The molecule has 3 heterocycles. The van der Waals surface area contributed by atoms with Crippen molar-refractivity contribution in [3.63, 3.8) is 0 Å². The lowest BCUT2D eigenvalue weighted by atomic mass is 10.2. The predicted octanol–water partition coefficient (Wildman–Crippen LogP) is 4.17. The number of nitrogens with zero attached hydrogens (tertiary/aromatic N) is 3. The van der Waals surface area contributed by atoms with Crippen LogP contribution in [0, 0.1) is 6.92 Å². The van der Waals surface area contributed by atoms with Crippen LogP contribution >= 0.6 is 22.9 Å². The maximum atomic E-state index is 12.9. The summed E-state index contributed by atoms with van der Waals surface area (Å²) in [5.41, 5.74) is 1.86. The number of halogens is 1. The largest absolute Gasteiger partial charge is 0.324 e. The van der Waals surface area contributed by atoms with Gasteiger partial charge in [0.15, 0.2) is 0 Å². The summed E-state index contributed by atoms with van der Waals surface area (Å²) < 4.78 is 1.83. The molecule has 0 bridgehead atoms. The van der Waals surface area contributed by atoms with Crippen molar-refractivity contribution in [1.29, 1.82) is 0 Å². The Morgan fingerprint density at radius 3 is 2.93 bits per heavy atom. The molecule has 1 aromatic carbocycles. The van der Waals surface area contributed by atoms with Crippen molar-refractivity contribution in [2.24, 2.45) is 0 Å². The fourth-order valence-electron chi connectivity index (χ4n) is 2.85. The van der Waals surface area contributed by atoms with Gasteiger partial charge in [0.25, 0.3) is 5.56 Å². The highest BCUT2D eigenvalue weighted by Crippen LogP contribution is 2.28. The second-order valence-electron chi connectivity index (χ2n) is 6.22. The van der Waals surface area contributed by atoms with Crippen LogP contribution in [0.4, 0.5) is 5.69 Å². The molecule has 0 aliphatic rings. The molecular formula is C19H15ClN4O2S. The van der Waals surface area contributed by atoms with Gasteiger partial charge in [-0.2, -0.15) is 0 Å². The molecule has 0 spiro atoms. The quantitative estimate of drug-likeness (QED) is 0.562. The van der Waals surface area contributed by atoms with Crippen LogP contribution in [0.5, 0.6) is 0 Å². The van der Waals surface area contributed by atoms with Gasteiger partial charge in [0.05, 0.1) is 11.8 Å². The van der Waals surface area contributed by atoms with Gasteiger partial charge in [-0.25, -0.2) is 9.97 Å². The Bertz CT molecular complexity index is 1250. The number of pyridine rings is 1. The molecular weight excluding hydrogens is 384 g/mol. The first-order chi connectivity index (χ1) is 13.0. The highest BCUT2D eigenvalue weighted by molar-refractivity contribution is 7.25. The minimum Gasteiger partial charge on any atom is -0.324 e. The second kappa shape index (κ2) is 6.75. The van der Waals surface area contributed by atoms with E-state index in [4.69, 9.17) is 11.6 Å². The Morgan fingerprint density at radius 1 is 1.30 bits per heavy atom. The average molecular weight is 399 g/mol. The van der Waals surface area contributed by atoms with Crippen LogP contribution in [-0.4, -0.2) is 20.4 Å². The Labute approximate surface area is 163 Å². The van der Waals surface area contributed by atoms with Gasteiger partial charge < -0.3 is 5.32 Å². The predicted molar refractivity (Wildman–Crippen MR) is 109 cm³/mol. The first-order valence-electron chi connectivity index (χ1n) is 8.27. The molecule has 0 saturated heterocycles. The maximum Gasteiger partial charge on any atom is 0.272 e. The van der Waals surface area contributed by atoms with Gasteiger partial charge in [0.1, 0.15) is 15.6 Å². The van der Waals surface area contributed by atoms with Crippen LogP contribution in [0.25, 0.3) is 20.4 Å². The van der Waals surface area contributed by atoms with Crippen molar-refractivity contribution in [3.8, 4) is 0 Å². The molecule has 1 amide bonds. The molecule has 0 radical (unpaired) electrons. The summed E-state index contributed by atoms with van der Waals surface area (Å²) in [6.07, 6.45) is 3.10. The number of hydrogen-bond acceptors (Lipinski definition) is 5. The molecule has 27 heavy (non-hydrogen) atoms. The number of hydrogen-bond donors (Lipinski definition) is 1. The van der Waals surface area contributed by atoms with Gasteiger partial charge in [-0.15, -0.1) is 11.3 Å². The van der Waals surface area contributed by atoms with E-state index in [2.05, 4.69) is 15.3 Å². The van der Waals surface area contributed by atoms with Gasteiger partial charge in [0, 0.05) is 22.3 Å². The summed E-state index contributed by atoms with van der Waals surface area (Å²) in [5.74, 6) is -0.317. The van der Waals surface area contributed by atoms with E-state index in [0.29, 0.717) is 20.9 Å². The van der Waals surface area contributed by atoms with Crippen LogP contribution in [0.15, 0.2) is 47.7 Å². The molecule has 6 nitrogen and oxygen atoms in total. The molecule has 0 aliphatic heterocycles. The third-order valence-electron chi connectivity index (χ3n) is 4.43. The summed E-state index contributed by atoms with van der Waals surface area (Å²) in [5, 5.41) is 4.20. The number of carbonyl (C=O) groups excluding carboxylic acids is 1. The van der Waals surface area contributed by atoms with Crippen molar-refractivity contribution >= 4 is 55.0 Å². The van der Waals surface area contributed by atoms with E-state index >= 15 is 0 Å². The fourth-order valence-corrected chi connectivity index (χ4v) is 4.06. The number of benzene rings is 1. The number of aromatic nitrogens is 3. The lowest BCUT2D eigenvalue weighted by Crippen LogP contribution is -2.31. The maximum absolute atomic E-state index is 12.9. The van der Waals surface area contributed by atoms with E-state index in [-0.39, 0.29) is 11.5 Å². The van der Waals surface area contributed by atoms with Crippen LogP contribution in [-0.2, 0) is 4.79 Å². The first-order valence-corrected chi connectivity index (χ1v) is 9.46. The van der Waals surface area contributed by atoms with Crippen molar-refractivity contribution in [3.05, 3.63) is 63.8 Å². The van der Waals surface area contributed by atoms with Crippen LogP contribution in [0.1, 0.15) is 18.5 Å². The third kappa shape index (κ3) is 3.09. The van der Waals surface area contributed by atoms with Crippen molar-refractivity contribution in [2.45, 2.75) is 19.9 Å². The van der Waals surface area contributed by atoms with Crippen LogP contribution < -0.4 is 10.9 Å². The number of rotatable bonds is 3. The number of fused-ring (bicyclic) bond motifs is 3. The van der Waals surface area contributed by atoms with Gasteiger partial charge in [-0.1, -0.05) is 17.7 Å². The molecule has 136 valence electrons. The zero-order chi connectivity index (χ0) is 19.1. The van der Waals surface area contributed by atoms with Gasteiger partial charge in [-0.05, 0) is 43.7 Å². The number of amides is 1. The molecule has 0 fully saturated rings. The van der Waals surface area contributed by atoms with Gasteiger partial charge in [0.2, 0.25) is 5.91 Å². The Balaban J connectivity index is 1.71. The fraction of sp³-hybridized carbons (Fsp3) is 0.158. The topological polar surface area (TPSA) is 76.9 Å². The van der Waals surface area contributed by atoms with Gasteiger partial charge in [-0.3, -0.25) is 14.2 Å². The zero-order valence-electron chi connectivity index (χ0n) is 14.6. The molecule has 0 saturated carbocycles. The molecule has 0 aliphatic carbocycles. The SMILES string of the molecule is Cc1ccc(Cl)cc1NC(=O)C(C)n1cnc2c(sc3ncccc32)c1=O. The van der Waals surface area contributed by atoms with Crippen LogP contribution in [0.2, 0.25) is 5.02 Å². The summed E-state index contributed by atoms with van der Waals surface area (Å²) >= 11 is 7.29. The van der Waals surface area contributed by atoms with Crippen molar-refractivity contribution in [1.82, 2.24) is 14.5 Å². The summed E-state index contributed by atoms with van der Waals surface area (Å²) in [7, 11) is 0. The summed E-state index contributed by atoms with van der Waals surface area (Å²) in [6, 6.07) is 8.23. The molecule has 4 aromatic rings. The lowest BCUT2D eigenvalue weighted by molar-refractivity contribution is -0.118. The number of nitrogens with one attached hydrogen (secondary N) is 1. The first kappa shape index (κ1) is 17.6. The number of carbonyl (C=O) groups is 1. The second-order valence-corrected chi connectivity index (χ2v) is 7.65. The monoisotopic (exact) mass is 398 g/mol. The standard InChI is InChI=1S/C19H15ClN4O2S/c1-10-5-6-12(20)8-14(10)23-17(25)11(2)24-9-22-15-13-4-3-7-21-18(13)27-16(15)19(24)26/h3-9,11H,1-2H3,(H,23,25). The van der Waals surface area contributed by atoms with E-state index < -0.39 is 6.04 Å². The van der Waals surface area contributed by atoms with E-state index in [1.54, 1.807) is 25.3 Å². The highest BCUT2D eigenvalue weighted by atomic mass is 35.5. The lowest BCUT2D eigenvalue weighted by Gasteiger charge is -2.16. The van der Waals surface area contributed by atoms with Gasteiger partial charge >= 0.3 is 0 Å². The Hall–Kier alpha value is -2.77. The highest BCUT2D eigenvalue weighted by Gasteiger charge is 2.20. The number of thiophene rings is 1. The Morgan fingerprint density at radius 2 is 2.11 bits per heavy atom. The molecule has 8 heteroatoms. The smallest absolute Gasteiger partial charge is 0.272 e. The molecule has 1 N–H and O–H groups in total. The number of aryl methyl sites for hydroxylation is 1. The Kier molecular flexibility index (Phi) is 4.41. The summed E-state index contributed by atoms with van der Waals surface area (Å²) in [6.45, 7) is 3.54. The third-order valence-corrected chi connectivity index (χ3v) is 5.76. The van der Waals surface area contributed by atoms with E-state index in [1.165, 1.54) is 22.2 Å².